The molecule has 2 aliphatic heterocycles. The minimum absolute atomic E-state index is 0.519. The van der Waals surface area contributed by atoms with Gasteiger partial charge in [-0.25, -0.2) is 4.68 Å². The zero-order chi connectivity index (χ0) is 20.8. The molecule has 0 amide bonds. The molecule has 0 saturated carbocycles. The molecule has 0 spiro atoms. The average molecular weight is 415 g/mol. The molecule has 2 saturated heterocycles. The van der Waals surface area contributed by atoms with Crippen molar-refractivity contribution in [2.45, 2.75) is 50.2 Å². The molecule has 8 nitrogen and oxygen atoms in total. The lowest BCUT2D eigenvalue weighted by molar-refractivity contribution is 0.219. The largest absolute Gasteiger partial charge is 0.355 e. The Bertz CT molecular complexity index is 1170. The first kappa shape index (κ1) is 18.5. The lowest BCUT2D eigenvalue weighted by Gasteiger charge is -2.43. The molecular formula is C23H26N8. The number of benzene rings is 1. The van der Waals surface area contributed by atoms with Gasteiger partial charge in [0.05, 0.1) is 23.1 Å². The van der Waals surface area contributed by atoms with Gasteiger partial charge in [-0.3, -0.25) is 5.10 Å². The van der Waals surface area contributed by atoms with E-state index in [-0.39, 0.29) is 0 Å². The van der Waals surface area contributed by atoms with E-state index >= 15 is 0 Å². The van der Waals surface area contributed by atoms with Crippen LogP contribution in [0.1, 0.15) is 32.1 Å². The lowest BCUT2D eigenvalue weighted by Crippen LogP contribution is -2.54. The van der Waals surface area contributed by atoms with Gasteiger partial charge in [0.25, 0.3) is 0 Å². The van der Waals surface area contributed by atoms with E-state index in [0.717, 1.165) is 33.7 Å². The molecule has 2 bridgehead atoms. The molecule has 4 aromatic rings. The topological polar surface area (TPSA) is 87.6 Å². The fraction of sp³-hybridized carbons (Fsp3) is 0.391. The molecule has 0 unspecified atom stereocenters. The van der Waals surface area contributed by atoms with Gasteiger partial charge in [-0.05, 0) is 56.0 Å². The number of piperidine rings is 2. The summed E-state index contributed by atoms with van der Waals surface area (Å²) in [4.78, 5) is 2.32. The number of rotatable bonds is 4. The number of nitrogens with zero attached hydrogens (tertiary/aromatic N) is 6. The lowest BCUT2D eigenvalue weighted by atomic mass is 9.83. The van der Waals surface area contributed by atoms with Crippen LogP contribution in [-0.4, -0.2) is 55.3 Å². The molecule has 6 rings (SSSR count). The predicted octanol–water partition coefficient (Wildman–Crippen LogP) is 3.31. The van der Waals surface area contributed by atoms with Crippen molar-refractivity contribution in [2.24, 2.45) is 0 Å². The van der Waals surface area contributed by atoms with Crippen molar-refractivity contribution in [3.8, 4) is 16.9 Å². The highest BCUT2D eigenvalue weighted by molar-refractivity contribution is 5.97. The van der Waals surface area contributed by atoms with Crippen molar-refractivity contribution in [3.63, 3.8) is 0 Å². The van der Waals surface area contributed by atoms with Crippen molar-refractivity contribution in [3.05, 3.63) is 48.9 Å². The van der Waals surface area contributed by atoms with Crippen LogP contribution in [-0.2, 0) is 0 Å². The van der Waals surface area contributed by atoms with Gasteiger partial charge in [0.15, 0.2) is 5.82 Å². The van der Waals surface area contributed by atoms with E-state index < -0.39 is 0 Å². The third-order valence-electron chi connectivity index (χ3n) is 6.87. The second kappa shape index (κ2) is 7.46. The number of nitrogens with one attached hydrogen (secondary N) is 2. The molecule has 2 atom stereocenters. The number of aromatic nitrogens is 6. The van der Waals surface area contributed by atoms with Crippen molar-refractivity contribution in [1.82, 2.24) is 35.5 Å². The van der Waals surface area contributed by atoms with E-state index in [9.17, 15) is 0 Å². The first-order valence-electron chi connectivity index (χ1n) is 11.1. The maximum absolute atomic E-state index is 4.59. The fourth-order valence-corrected chi connectivity index (χ4v) is 5.24. The summed E-state index contributed by atoms with van der Waals surface area (Å²) in [5.41, 5.74) is 3.75. The van der Waals surface area contributed by atoms with E-state index in [1.807, 2.05) is 29.2 Å². The molecule has 8 heteroatoms. The Balaban J connectivity index is 1.28. The quantitative estimate of drug-likeness (QED) is 0.533. The zero-order valence-electron chi connectivity index (χ0n) is 17.6. The molecule has 1 aromatic carbocycles. The Morgan fingerprint density at radius 3 is 2.68 bits per heavy atom. The molecule has 3 aromatic heterocycles. The van der Waals surface area contributed by atoms with Crippen LogP contribution >= 0.6 is 0 Å². The Morgan fingerprint density at radius 1 is 1.06 bits per heavy atom. The smallest absolute Gasteiger partial charge is 0.151 e. The molecule has 2 N–H and O–H groups in total. The van der Waals surface area contributed by atoms with Gasteiger partial charge in [0.1, 0.15) is 0 Å². The molecule has 5 heterocycles. The highest BCUT2D eigenvalue weighted by Gasteiger charge is 2.33. The molecule has 0 radical (unpaired) electrons. The zero-order valence-corrected chi connectivity index (χ0v) is 17.6. The highest BCUT2D eigenvalue weighted by atomic mass is 15.3. The summed E-state index contributed by atoms with van der Waals surface area (Å²) in [6.07, 6.45) is 11.8. The number of aromatic amines is 1. The Labute approximate surface area is 180 Å². The van der Waals surface area contributed by atoms with Crippen molar-refractivity contribution < 1.29 is 0 Å². The van der Waals surface area contributed by atoms with Gasteiger partial charge in [0.2, 0.25) is 0 Å². The van der Waals surface area contributed by atoms with Gasteiger partial charge in [-0.1, -0.05) is 6.42 Å². The van der Waals surface area contributed by atoms with Gasteiger partial charge in [-0.2, -0.15) is 10.2 Å². The number of hydrogen-bond acceptors (Lipinski definition) is 6. The summed E-state index contributed by atoms with van der Waals surface area (Å²) in [6.45, 7) is 0. The monoisotopic (exact) mass is 414 g/mol. The standard InChI is InChI=1S/C23H26N8/c1-30(17-12-15-4-2-5-16(13-17)26-15)22-9-7-20(27-28-22)18-6-8-21(31-11-3-10-25-31)23-19(18)14-24-29-23/h3,6-11,14-17,26H,2,4-5,12-13H2,1H3,(H,24,29)/t15-,16-/m0/s1. The van der Waals surface area contributed by atoms with E-state index in [0.29, 0.717) is 18.1 Å². The normalized spacial score (nSPS) is 23.2. The predicted molar refractivity (Wildman–Crippen MR) is 120 cm³/mol. The van der Waals surface area contributed by atoms with E-state index in [1.54, 1.807) is 6.20 Å². The molecule has 2 aliphatic rings. The summed E-state index contributed by atoms with van der Waals surface area (Å²) in [7, 11) is 2.16. The van der Waals surface area contributed by atoms with E-state index in [2.05, 4.69) is 61.0 Å². The van der Waals surface area contributed by atoms with Crippen molar-refractivity contribution in [2.75, 3.05) is 11.9 Å². The Kier molecular flexibility index (Phi) is 4.45. The third kappa shape index (κ3) is 3.27. The number of anilines is 1. The third-order valence-corrected chi connectivity index (χ3v) is 6.87. The van der Waals surface area contributed by atoms with Crippen molar-refractivity contribution in [1.29, 1.82) is 0 Å². The molecule has 158 valence electrons. The second-order valence-corrected chi connectivity index (χ2v) is 8.75. The molecular weight excluding hydrogens is 388 g/mol. The average Bonchev–Trinajstić information content (AvgIpc) is 3.50. The number of hydrogen-bond donors (Lipinski definition) is 2. The highest BCUT2D eigenvalue weighted by Crippen LogP contribution is 2.32. The summed E-state index contributed by atoms with van der Waals surface area (Å²) < 4.78 is 1.84. The van der Waals surface area contributed by atoms with Crippen LogP contribution in [0.5, 0.6) is 0 Å². The van der Waals surface area contributed by atoms with Crippen LogP contribution in [0.4, 0.5) is 5.82 Å². The maximum atomic E-state index is 4.59. The first-order chi connectivity index (χ1) is 15.3. The summed E-state index contributed by atoms with van der Waals surface area (Å²) >= 11 is 0. The van der Waals surface area contributed by atoms with Gasteiger partial charge in [0, 0.05) is 48.5 Å². The van der Waals surface area contributed by atoms with Gasteiger partial charge in [-0.15, -0.1) is 10.2 Å². The van der Waals surface area contributed by atoms with Crippen LogP contribution in [0.2, 0.25) is 0 Å². The van der Waals surface area contributed by atoms with Crippen molar-refractivity contribution >= 4 is 16.7 Å². The summed E-state index contributed by atoms with van der Waals surface area (Å²) in [5.74, 6) is 0.935. The molecule has 0 aliphatic carbocycles. The van der Waals surface area contributed by atoms with Crippen LogP contribution in [0.15, 0.2) is 48.9 Å². The van der Waals surface area contributed by atoms with Crippen LogP contribution in [0.25, 0.3) is 27.8 Å². The second-order valence-electron chi connectivity index (χ2n) is 8.75. The summed E-state index contributed by atoms with van der Waals surface area (Å²) in [5, 5.41) is 25.7. The van der Waals surface area contributed by atoms with Crippen LogP contribution < -0.4 is 10.2 Å². The first-order valence-corrected chi connectivity index (χ1v) is 11.1. The molecule has 31 heavy (non-hydrogen) atoms. The van der Waals surface area contributed by atoms with Gasteiger partial charge < -0.3 is 10.2 Å². The van der Waals surface area contributed by atoms with E-state index in [1.165, 1.54) is 32.1 Å². The van der Waals surface area contributed by atoms with Crippen LogP contribution in [0, 0.1) is 0 Å². The maximum Gasteiger partial charge on any atom is 0.151 e. The summed E-state index contributed by atoms with van der Waals surface area (Å²) in [6, 6.07) is 12.0. The van der Waals surface area contributed by atoms with E-state index in [4.69, 9.17) is 0 Å². The minimum atomic E-state index is 0.519. The minimum Gasteiger partial charge on any atom is -0.355 e. The molecule has 2 fully saturated rings. The number of fused-ring (bicyclic) bond motifs is 3. The number of H-pyrrole nitrogens is 1. The SMILES string of the molecule is CN(c1ccc(-c2ccc(-n3cccn3)c3[nH]ncc23)nn1)C1C[C@@H]2CCC[C@@H](C1)N2. The fourth-order valence-electron chi connectivity index (χ4n) is 5.24. The van der Waals surface area contributed by atoms with Crippen LogP contribution in [0.3, 0.4) is 0 Å². The Hall–Kier alpha value is -3.26. The van der Waals surface area contributed by atoms with Gasteiger partial charge >= 0.3 is 0 Å². The Morgan fingerprint density at radius 2 is 1.94 bits per heavy atom.